The standard InChI is InChI=1S/C18H18N2O3/c1-23-14-6-2-5-13(10-14)16(21)11-20-18(22)15-7-3-4-12-8-9-19-17(12)15/h2-10,16,19,21H,11H2,1H3,(H,20,22). The molecule has 5 heteroatoms. The smallest absolute Gasteiger partial charge is 0.253 e. The van der Waals surface area contributed by atoms with Crippen molar-refractivity contribution in [3.05, 3.63) is 65.9 Å². The number of aliphatic hydroxyl groups excluding tert-OH is 1. The van der Waals surface area contributed by atoms with E-state index in [2.05, 4.69) is 10.3 Å². The van der Waals surface area contributed by atoms with Gasteiger partial charge in [-0.15, -0.1) is 0 Å². The second-order valence-electron chi connectivity index (χ2n) is 5.25. The fraction of sp³-hybridized carbons (Fsp3) is 0.167. The Balaban J connectivity index is 1.70. The normalized spacial score (nSPS) is 12.1. The number of aromatic amines is 1. The van der Waals surface area contributed by atoms with E-state index >= 15 is 0 Å². The van der Waals surface area contributed by atoms with Crippen molar-refractivity contribution in [1.82, 2.24) is 10.3 Å². The maximum Gasteiger partial charge on any atom is 0.253 e. The topological polar surface area (TPSA) is 74.3 Å². The number of benzene rings is 2. The van der Waals surface area contributed by atoms with Crippen LogP contribution in [0.5, 0.6) is 5.75 Å². The Labute approximate surface area is 133 Å². The lowest BCUT2D eigenvalue weighted by Crippen LogP contribution is -2.28. The molecule has 5 nitrogen and oxygen atoms in total. The third kappa shape index (κ3) is 3.19. The number of rotatable bonds is 5. The van der Waals surface area contributed by atoms with Crippen LogP contribution in [-0.2, 0) is 0 Å². The molecule has 3 rings (SSSR count). The first-order valence-electron chi connectivity index (χ1n) is 7.35. The van der Waals surface area contributed by atoms with Gasteiger partial charge in [0.1, 0.15) is 5.75 Å². The number of nitrogens with one attached hydrogen (secondary N) is 2. The zero-order chi connectivity index (χ0) is 16.2. The number of H-pyrrole nitrogens is 1. The summed E-state index contributed by atoms with van der Waals surface area (Å²) in [4.78, 5) is 15.4. The first kappa shape index (κ1) is 15.1. The van der Waals surface area contributed by atoms with Crippen LogP contribution in [0.1, 0.15) is 22.0 Å². The summed E-state index contributed by atoms with van der Waals surface area (Å²) in [6.45, 7) is 0.128. The SMILES string of the molecule is COc1cccc(C(O)CNC(=O)c2cccc3cc[nH]c23)c1. The van der Waals surface area contributed by atoms with E-state index in [-0.39, 0.29) is 12.5 Å². The Morgan fingerprint density at radius 1 is 1.26 bits per heavy atom. The van der Waals surface area contributed by atoms with Crippen molar-refractivity contribution in [2.75, 3.05) is 13.7 Å². The minimum Gasteiger partial charge on any atom is -0.497 e. The molecule has 0 radical (unpaired) electrons. The first-order valence-corrected chi connectivity index (χ1v) is 7.35. The molecule has 0 saturated carbocycles. The third-order valence-corrected chi connectivity index (χ3v) is 3.77. The second-order valence-corrected chi connectivity index (χ2v) is 5.25. The van der Waals surface area contributed by atoms with E-state index in [9.17, 15) is 9.90 Å². The van der Waals surface area contributed by atoms with Gasteiger partial charge in [0.15, 0.2) is 0 Å². The molecule has 1 amide bonds. The average molecular weight is 310 g/mol. The maximum atomic E-state index is 12.3. The van der Waals surface area contributed by atoms with Crippen molar-refractivity contribution in [2.45, 2.75) is 6.10 Å². The van der Waals surface area contributed by atoms with Gasteiger partial charge in [-0.05, 0) is 29.8 Å². The van der Waals surface area contributed by atoms with Crippen molar-refractivity contribution in [3.8, 4) is 5.75 Å². The predicted molar refractivity (Wildman–Crippen MR) is 88.6 cm³/mol. The van der Waals surface area contributed by atoms with Gasteiger partial charge in [-0.25, -0.2) is 0 Å². The van der Waals surface area contributed by atoms with Gasteiger partial charge >= 0.3 is 0 Å². The van der Waals surface area contributed by atoms with E-state index in [4.69, 9.17) is 4.74 Å². The molecule has 0 aliphatic rings. The quantitative estimate of drug-likeness (QED) is 0.678. The van der Waals surface area contributed by atoms with Gasteiger partial charge in [0.2, 0.25) is 0 Å². The molecule has 3 aromatic rings. The highest BCUT2D eigenvalue weighted by atomic mass is 16.5. The number of aromatic nitrogens is 1. The molecule has 0 aliphatic carbocycles. The maximum absolute atomic E-state index is 12.3. The molecule has 2 aromatic carbocycles. The van der Waals surface area contributed by atoms with E-state index in [0.29, 0.717) is 16.9 Å². The largest absolute Gasteiger partial charge is 0.497 e. The van der Waals surface area contributed by atoms with E-state index in [0.717, 1.165) is 10.9 Å². The zero-order valence-corrected chi connectivity index (χ0v) is 12.7. The number of aliphatic hydroxyl groups is 1. The summed E-state index contributed by atoms with van der Waals surface area (Å²) in [6.07, 6.45) is 1.00. The van der Waals surface area contributed by atoms with Crippen molar-refractivity contribution < 1.29 is 14.6 Å². The van der Waals surface area contributed by atoms with E-state index < -0.39 is 6.10 Å². The van der Waals surface area contributed by atoms with Crippen molar-refractivity contribution in [1.29, 1.82) is 0 Å². The van der Waals surface area contributed by atoms with E-state index in [1.54, 1.807) is 43.6 Å². The van der Waals surface area contributed by atoms with Crippen LogP contribution in [0.2, 0.25) is 0 Å². The molecule has 1 heterocycles. The summed E-state index contributed by atoms with van der Waals surface area (Å²) in [6, 6.07) is 14.6. The number of fused-ring (bicyclic) bond motifs is 1. The summed E-state index contributed by atoms with van der Waals surface area (Å²) in [5, 5.41) is 14.0. The molecule has 0 saturated heterocycles. The van der Waals surface area contributed by atoms with Gasteiger partial charge < -0.3 is 20.1 Å². The number of hydrogen-bond donors (Lipinski definition) is 3. The van der Waals surface area contributed by atoms with Crippen LogP contribution in [0.3, 0.4) is 0 Å². The monoisotopic (exact) mass is 310 g/mol. The zero-order valence-electron chi connectivity index (χ0n) is 12.7. The van der Waals surface area contributed by atoms with Crippen LogP contribution in [0, 0.1) is 0 Å². The summed E-state index contributed by atoms with van der Waals surface area (Å²) in [5.41, 5.74) is 2.05. The highest BCUT2D eigenvalue weighted by Crippen LogP contribution is 2.19. The molecule has 118 valence electrons. The summed E-state index contributed by atoms with van der Waals surface area (Å²) >= 11 is 0. The number of hydrogen-bond acceptors (Lipinski definition) is 3. The van der Waals surface area contributed by atoms with E-state index in [1.807, 2.05) is 18.2 Å². The first-order chi connectivity index (χ1) is 11.2. The average Bonchev–Trinajstić information content (AvgIpc) is 3.08. The van der Waals surface area contributed by atoms with Crippen LogP contribution < -0.4 is 10.1 Å². The Bertz CT molecular complexity index is 826. The number of carbonyl (C=O) groups excluding carboxylic acids is 1. The van der Waals surface area contributed by atoms with Gasteiger partial charge in [0.05, 0.1) is 24.3 Å². The van der Waals surface area contributed by atoms with Crippen LogP contribution in [0.15, 0.2) is 54.7 Å². The molecule has 0 bridgehead atoms. The molecule has 3 N–H and O–H groups in total. The van der Waals surface area contributed by atoms with Crippen LogP contribution in [0.25, 0.3) is 10.9 Å². The Hall–Kier alpha value is -2.79. The Morgan fingerprint density at radius 2 is 2.09 bits per heavy atom. The molecule has 0 spiro atoms. The molecule has 1 atom stereocenters. The predicted octanol–water partition coefficient (Wildman–Crippen LogP) is 2.64. The summed E-state index contributed by atoms with van der Waals surface area (Å²) in [5.74, 6) is 0.448. The summed E-state index contributed by atoms with van der Waals surface area (Å²) in [7, 11) is 1.57. The van der Waals surface area contributed by atoms with Gasteiger partial charge in [-0.2, -0.15) is 0 Å². The number of amides is 1. The second kappa shape index (κ2) is 6.54. The highest BCUT2D eigenvalue weighted by molar-refractivity contribution is 6.05. The molecule has 23 heavy (non-hydrogen) atoms. The van der Waals surface area contributed by atoms with Crippen LogP contribution in [0.4, 0.5) is 0 Å². The van der Waals surface area contributed by atoms with Crippen LogP contribution >= 0.6 is 0 Å². The van der Waals surface area contributed by atoms with E-state index in [1.165, 1.54) is 0 Å². The van der Waals surface area contributed by atoms with Crippen molar-refractivity contribution >= 4 is 16.8 Å². The lowest BCUT2D eigenvalue weighted by molar-refractivity contribution is 0.0917. The molecule has 0 fully saturated rings. The van der Waals surface area contributed by atoms with Gasteiger partial charge in [0.25, 0.3) is 5.91 Å². The third-order valence-electron chi connectivity index (χ3n) is 3.77. The minimum absolute atomic E-state index is 0.128. The fourth-order valence-corrected chi connectivity index (χ4v) is 2.53. The highest BCUT2D eigenvalue weighted by Gasteiger charge is 2.14. The molecular formula is C18H18N2O3. The number of ether oxygens (including phenoxy) is 1. The van der Waals surface area contributed by atoms with Crippen molar-refractivity contribution in [2.24, 2.45) is 0 Å². The lowest BCUT2D eigenvalue weighted by Gasteiger charge is -2.13. The Kier molecular flexibility index (Phi) is 4.30. The Morgan fingerprint density at radius 3 is 2.91 bits per heavy atom. The molecular weight excluding hydrogens is 292 g/mol. The number of para-hydroxylation sites is 1. The number of carbonyl (C=O) groups is 1. The van der Waals surface area contributed by atoms with Crippen LogP contribution in [-0.4, -0.2) is 29.7 Å². The lowest BCUT2D eigenvalue weighted by atomic mass is 10.1. The molecule has 1 aromatic heterocycles. The molecule has 0 aliphatic heterocycles. The van der Waals surface area contributed by atoms with Gasteiger partial charge in [-0.3, -0.25) is 4.79 Å². The van der Waals surface area contributed by atoms with Crippen molar-refractivity contribution in [3.63, 3.8) is 0 Å². The van der Waals surface area contributed by atoms with Gasteiger partial charge in [-0.1, -0.05) is 24.3 Å². The molecule has 1 unspecified atom stereocenters. The minimum atomic E-state index is -0.795. The number of methoxy groups -OCH3 is 1. The summed E-state index contributed by atoms with van der Waals surface area (Å²) < 4.78 is 5.14. The fourth-order valence-electron chi connectivity index (χ4n) is 2.53. The van der Waals surface area contributed by atoms with Gasteiger partial charge in [0, 0.05) is 18.1 Å².